The predicted molar refractivity (Wildman–Crippen MR) is 74.3 cm³/mol. The quantitative estimate of drug-likeness (QED) is 0.352. The molecule has 5 heteroatoms. The Morgan fingerprint density at radius 1 is 0.800 bits per heavy atom. The van der Waals surface area contributed by atoms with Crippen LogP contribution in [0, 0.1) is 33.2 Å². The van der Waals surface area contributed by atoms with E-state index < -0.39 is 0 Å². The molecule has 3 rings (SSSR count). The van der Waals surface area contributed by atoms with Crippen molar-refractivity contribution in [3.63, 3.8) is 0 Å². The van der Waals surface area contributed by atoms with Gasteiger partial charge in [0.1, 0.15) is 0 Å². The summed E-state index contributed by atoms with van der Waals surface area (Å²) >= 11 is 0. The zero-order chi connectivity index (χ0) is 13.2. The van der Waals surface area contributed by atoms with E-state index in [4.69, 9.17) is 0 Å². The van der Waals surface area contributed by atoms with Crippen LogP contribution in [0.5, 0.6) is 0 Å². The Kier molecular flexibility index (Phi) is 14.0. The zero-order valence-corrected chi connectivity index (χ0v) is 15.2. The molecule has 0 fully saturated rings. The maximum Gasteiger partial charge on any atom is 2.00 e. The van der Waals surface area contributed by atoms with Gasteiger partial charge in [0.15, 0.2) is 0 Å². The van der Waals surface area contributed by atoms with Gasteiger partial charge in [0.2, 0.25) is 0 Å². The van der Waals surface area contributed by atoms with Crippen LogP contribution in [-0.4, -0.2) is 15.0 Å². The Morgan fingerprint density at radius 2 is 1.30 bits per heavy atom. The van der Waals surface area contributed by atoms with Crippen LogP contribution in [0.2, 0.25) is 0 Å². The van der Waals surface area contributed by atoms with Crippen molar-refractivity contribution >= 4 is 0 Å². The molecule has 3 heterocycles. The molecule has 0 spiro atoms. The minimum Gasteiger partial charge on any atom is -0.484 e. The average molecular weight is 443 g/mol. The summed E-state index contributed by atoms with van der Waals surface area (Å²) in [5, 5.41) is 0. The number of H-pyrrole nitrogens is 3. The van der Waals surface area contributed by atoms with Crippen LogP contribution in [0.3, 0.4) is 0 Å². The van der Waals surface area contributed by atoms with Crippen LogP contribution >= 0.6 is 0 Å². The van der Waals surface area contributed by atoms with Crippen molar-refractivity contribution in [3.05, 3.63) is 72.1 Å². The van der Waals surface area contributed by atoms with Crippen LogP contribution in [-0.2, 0) is 39.0 Å². The van der Waals surface area contributed by atoms with Gasteiger partial charge >= 0.3 is 19.5 Å². The molecular weight excluding hydrogens is 424 g/mol. The molecule has 3 aromatic heterocycles. The first-order valence-electron chi connectivity index (χ1n) is 5.82. The molecule has 0 atom stereocenters. The van der Waals surface area contributed by atoms with E-state index in [2.05, 4.69) is 27.3 Å². The van der Waals surface area contributed by atoms with Gasteiger partial charge in [0.25, 0.3) is 0 Å². The molecule has 20 heavy (non-hydrogen) atoms. The second-order valence-corrected chi connectivity index (χ2v) is 3.92. The molecule has 3 aromatic rings. The van der Waals surface area contributed by atoms with E-state index in [0.29, 0.717) is 0 Å². The molecule has 0 saturated carbocycles. The van der Waals surface area contributed by atoms with Gasteiger partial charge in [0, 0.05) is 31.4 Å². The number of nitrogens with one attached hydrogen (secondary N) is 3. The molecule has 0 unspecified atom stereocenters. The van der Waals surface area contributed by atoms with Gasteiger partial charge in [-0.1, -0.05) is 13.8 Å². The summed E-state index contributed by atoms with van der Waals surface area (Å²) in [5.41, 5.74) is 3.54. The van der Waals surface area contributed by atoms with Crippen LogP contribution in [0.25, 0.3) is 0 Å². The molecule has 3 nitrogen and oxygen atoms in total. The Balaban J connectivity index is 0. The standard InChI is InChI=1S/2C5H6N.C5H7N.2Ru/c2*1-5-2-3-6-4-5;1-5-3-2-4-6-5;;/h2*2-3,6H,1H3;2-4,6H,1H3;;/q2*-1;;;+2. The van der Waals surface area contributed by atoms with Gasteiger partial charge in [-0.05, 0) is 19.1 Å². The average Bonchev–Trinajstić information content (AvgIpc) is 3.05. The van der Waals surface area contributed by atoms with E-state index in [1.165, 1.54) is 5.69 Å². The van der Waals surface area contributed by atoms with Gasteiger partial charge in [-0.2, -0.15) is 35.7 Å². The monoisotopic (exact) mass is 445 g/mol. The van der Waals surface area contributed by atoms with Crippen molar-refractivity contribution in [2.45, 2.75) is 20.8 Å². The summed E-state index contributed by atoms with van der Waals surface area (Å²) in [5.74, 6) is 0. The van der Waals surface area contributed by atoms with Crippen molar-refractivity contribution in [2.24, 2.45) is 0 Å². The summed E-state index contributed by atoms with van der Waals surface area (Å²) in [4.78, 5) is 8.61. The summed E-state index contributed by atoms with van der Waals surface area (Å²) in [6, 6.07) is 7.95. The fourth-order valence-electron chi connectivity index (χ4n) is 1.15. The van der Waals surface area contributed by atoms with E-state index in [-0.39, 0.29) is 39.0 Å². The Morgan fingerprint density at radius 3 is 1.40 bits per heavy atom. The van der Waals surface area contributed by atoms with E-state index in [0.717, 1.165) is 11.1 Å². The van der Waals surface area contributed by atoms with Crippen molar-refractivity contribution in [1.82, 2.24) is 15.0 Å². The first-order valence-corrected chi connectivity index (χ1v) is 5.82. The number of aryl methyl sites for hydroxylation is 3. The van der Waals surface area contributed by atoms with Gasteiger partial charge in [-0.25, -0.2) is 0 Å². The Hall–Kier alpha value is -0.913. The number of rotatable bonds is 0. The molecule has 0 amide bonds. The van der Waals surface area contributed by atoms with Crippen molar-refractivity contribution < 1.29 is 39.0 Å². The summed E-state index contributed by atoms with van der Waals surface area (Å²) in [6.45, 7) is 6.02. The molecule has 0 aliphatic carbocycles. The maximum atomic E-state index is 3.00. The van der Waals surface area contributed by atoms with Crippen LogP contribution in [0.15, 0.2) is 42.9 Å². The molecule has 3 N–H and O–H groups in total. The number of aromatic nitrogens is 3. The SMILES string of the molecule is Cc1[c-][nH]cc1.Cc1[c-][nH]cc1.Cc1ccc[nH]1.[Ru+2].[Ru]. The van der Waals surface area contributed by atoms with Crippen LogP contribution in [0.4, 0.5) is 0 Å². The van der Waals surface area contributed by atoms with Gasteiger partial charge in [0.05, 0.1) is 0 Å². The normalized spacial score (nSPS) is 7.95. The molecular formula is C15H19N3Ru2. The second-order valence-electron chi connectivity index (χ2n) is 3.92. The third-order valence-electron chi connectivity index (χ3n) is 2.13. The minimum absolute atomic E-state index is 0. The van der Waals surface area contributed by atoms with E-state index in [9.17, 15) is 0 Å². The van der Waals surface area contributed by atoms with Gasteiger partial charge in [-0.3, -0.25) is 0 Å². The molecule has 0 bridgehead atoms. The fraction of sp³-hybridized carbons (Fsp3) is 0.200. The second kappa shape index (κ2) is 13.1. The summed E-state index contributed by atoms with van der Waals surface area (Å²) in [6.07, 6.45) is 11.4. The zero-order valence-electron chi connectivity index (χ0n) is 11.7. The molecule has 0 saturated heterocycles. The third kappa shape index (κ3) is 11.0. The summed E-state index contributed by atoms with van der Waals surface area (Å²) < 4.78 is 0. The number of hydrogen-bond donors (Lipinski definition) is 3. The fourth-order valence-corrected chi connectivity index (χ4v) is 1.15. The van der Waals surface area contributed by atoms with Crippen molar-refractivity contribution in [1.29, 1.82) is 0 Å². The Bertz CT molecular complexity index is 409. The third-order valence-corrected chi connectivity index (χ3v) is 2.13. The first-order chi connectivity index (χ1) is 8.68. The summed E-state index contributed by atoms with van der Waals surface area (Å²) in [7, 11) is 0. The topological polar surface area (TPSA) is 47.4 Å². The maximum absolute atomic E-state index is 3.00. The predicted octanol–water partition coefficient (Wildman–Crippen LogP) is 3.56. The minimum atomic E-state index is 0. The molecule has 0 aliphatic rings. The number of hydrogen-bond acceptors (Lipinski definition) is 0. The van der Waals surface area contributed by atoms with Crippen LogP contribution < -0.4 is 0 Å². The molecule has 110 valence electrons. The van der Waals surface area contributed by atoms with Gasteiger partial charge in [-0.15, -0.1) is 12.4 Å². The van der Waals surface area contributed by atoms with E-state index in [1.807, 2.05) is 63.6 Å². The molecule has 0 aromatic carbocycles. The van der Waals surface area contributed by atoms with Crippen LogP contribution in [0.1, 0.15) is 16.8 Å². The number of aromatic amines is 3. The van der Waals surface area contributed by atoms with Gasteiger partial charge < -0.3 is 15.0 Å². The van der Waals surface area contributed by atoms with Crippen molar-refractivity contribution in [2.75, 3.05) is 0 Å². The largest absolute Gasteiger partial charge is 2.00 e. The van der Waals surface area contributed by atoms with E-state index in [1.54, 1.807) is 0 Å². The Labute approximate surface area is 146 Å². The van der Waals surface area contributed by atoms with E-state index >= 15 is 0 Å². The van der Waals surface area contributed by atoms with Crippen molar-refractivity contribution in [3.8, 4) is 0 Å². The first kappa shape index (κ1) is 21.4. The molecule has 0 aliphatic heterocycles. The smallest absolute Gasteiger partial charge is 0.484 e. The molecule has 0 radical (unpaired) electrons.